The zero-order chi connectivity index (χ0) is 18.7. The van der Waals surface area contributed by atoms with E-state index in [1.54, 1.807) is 24.2 Å². The molecule has 0 aliphatic heterocycles. The van der Waals surface area contributed by atoms with E-state index in [1.807, 2.05) is 48.9 Å². The van der Waals surface area contributed by atoms with E-state index in [2.05, 4.69) is 15.0 Å². The third kappa shape index (κ3) is 3.72. The predicted molar refractivity (Wildman–Crippen MR) is 100 cm³/mol. The maximum Gasteiger partial charge on any atom is 0.254 e. The maximum absolute atomic E-state index is 12.8. The number of carbonyl (C=O) groups is 1. The molecule has 0 saturated carbocycles. The molecule has 7 heteroatoms. The van der Waals surface area contributed by atoms with Gasteiger partial charge in [-0.1, -0.05) is 12.1 Å². The van der Waals surface area contributed by atoms with Crippen molar-refractivity contribution < 1.29 is 4.79 Å². The summed E-state index contributed by atoms with van der Waals surface area (Å²) < 4.78 is 2.02. The van der Waals surface area contributed by atoms with Crippen molar-refractivity contribution in [2.24, 2.45) is 0 Å². The van der Waals surface area contributed by atoms with Crippen LogP contribution in [0.1, 0.15) is 28.8 Å². The van der Waals surface area contributed by atoms with Crippen molar-refractivity contribution in [3.63, 3.8) is 0 Å². The van der Waals surface area contributed by atoms with E-state index in [4.69, 9.17) is 5.73 Å². The van der Waals surface area contributed by atoms with E-state index >= 15 is 0 Å². The van der Waals surface area contributed by atoms with Gasteiger partial charge in [0.25, 0.3) is 5.91 Å². The molecule has 26 heavy (non-hydrogen) atoms. The molecule has 1 amide bonds. The van der Waals surface area contributed by atoms with Gasteiger partial charge in [0.1, 0.15) is 5.82 Å². The quantitative estimate of drug-likeness (QED) is 0.763. The second-order valence-corrected chi connectivity index (χ2v) is 6.12. The molecule has 7 nitrogen and oxygen atoms in total. The van der Waals surface area contributed by atoms with Crippen LogP contribution in [-0.2, 0) is 13.1 Å². The Hall–Kier alpha value is -3.22. The van der Waals surface area contributed by atoms with Crippen LogP contribution in [0.5, 0.6) is 0 Å². The SMILES string of the molecule is CCn1ccnc1CN(C)C(=O)c1cccc(-c2cc(C)nc(N)n2)c1. The Morgan fingerprint density at radius 3 is 2.81 bits per heavy atom. The van der Waals surface area contributed by atoms with Crippen molar-refractivity contribution in [1.29, 1.82) is 0 Å². The summed E-state index contributed by atoms with van der Waals surface area (Å²) in [4.78, 5) is 27.2. The van der Waals surface area contributed by atoms with Crippen LogP contribution in [0.4, 0.5) is 5.95 Å². The zero-order valence-electron chi connectivity index (χ0n) is 15.2. The summed E-state index contributed by atoms with van der Waals surface area (Å²) in [5.41, 5.74) is 8.65. The third-order valence-electron chi connectivity index (χ3n) is 4.14. The molecule has 0 atom stereocenters. The van der Waals surface area contributed by atoms with Crippen LogP contribution in [-0.4, -0.2) is 37.4 Å². The average molecular weight is 350 g/mol. The highest BCUT2D eigenvalue weighted by molar-refractivity contribution is 5.95. The number of hydrogen-bond acceptors (Lipinski definition) is 5. The van der Waals surface area contributed by atoms with E-state index in [1.165, 1.54) is 0 Å². The van der Waals surface area contributed by atoms with Gasteiger partial charge in [-0.2, -0.15) is 0 Å². The van der Waals surface area contributed by atoms with Gasteiger partial charge in [-0.05, 0) is 32.0 Å². The van der Waals surface area contributed by atoms with Crippen LogP contribution in [0.3, 0.4) is 0 Å². The van der Waals surface area contributed by atoms with E-state index in [0.29, 0.717) is 17.8 Å². The number of aryl methyl sites for hydroxylation is 2. The summed E-state index contributed by atoms with van der Waals surface area (Å²) in [6.45, 7) is 5.18. The first-order chi connectivity index (χ1) is 12.5. The van der Waals surface area contributed by atoms with E-state index in [0.717, 1.165) is 23.6 Å². The molecule has 3 rings (SSSR count). The van der Waals surface area contributed by atoms with Gasteiger partial charge in [0.2, 0.25) is 5.95 Å². The summed E-state index contributed by atoms with van der Waals surface area (Å²) >= 11 is 0. The van der Waals surface area contributed by atoms with Crippen molar-refractivity contribution >= 4 is 11.9 Å². The second-order valence-electron chi connectivity index (χ2n) is 6.12. The first-order valence-electron chi connectivity index (χ1n) is 8.45. The first kappa shape index (κ1) is 17.6. The van der Waals surface area contributed by atoms with Crippen molar-refractivity contribution in [2.75, 3.05) is 12.8 Å². The predicted octanol–water partition coefficient (Wildman–Crippen LogP) is 2.52. The number of nitrogen functional groups attached to an aromatic ring is 1. The number of hydrogen-bond donors (Lipinski definition) is 1. The number of rotatable bonds is 5. The number of anilines is 1. The minimum absolute atomic E-state index is 0.0729. The highest BCUT2D eigenvalue weighted by Crippen LogP contribution is 2.20. The molecule has 134 valence electrons. The molecule has 0 spiro atoms. The Morgan fingerprint density at radius 2 is 2.08 bits per heavy atom. The van der Waals surface area contributed by atoms with Gasteiger partial charge in [0.05, 0.1) is 12.2 Å². The van der Waals surface area contributed by atoms with Crippen molar-refractivity contribution in [3.05, 3.63) is 59.8 Å². The van der Waals surface area contributed by atoms with Crippen molar-refractivity contribution in [2.45, 2.75) is 26.9 Å². The Balaban J connectivity index is 1.84. The van der Waals surface area contributed by atoms with Gasteiger partial charge in [0, 0.05) is 42.8 Å². The number of nitrogens with zero attached hydrogens (tertiary/aromatic N) is 5. The van der Waals surface area contributed by atoms with E-state index in [-0.39, 0.29) is 11.9 Å². The fourth-order valence-corrected chi connectivity index (χ4v) is 2.83. The van der Waals surface area contributed by atoms with Crippen molar-refractivity contribution in [3.8, 4) is 11.3 Å². The lowest BCUT2D eigenvalue weighted by Crippen LogP contribution is -2.27. The van der Waals surface area contributed by atoms with Gasteiger partial charge in [-0.3, -0.25) is 4.79 Å². The molecule has 0 radical (unpaired) electrons. The van der Waals surface area contributed by atoms with Crippen LogP contribution in [0.25, 0.3) is 11.3 Å². The molecule has 2 N–H and O–H groups in total. The number of imidazole rings is 1. The van der Waals surface area contributed by atoms with Gasteiger partial charge < -0.3 is 15.2 Å². The van der Waals surface area contributed by atoms with Crippen molar-refractivity contribution in [1.82, 2.24) is 24.4 Å². The molecule has 0 aliphatic rings. The molecule has 3 aromatic rings. The van der Waals surface area contributed by atoms with Gasteiger partial charge in [-0.15, -0.1) is 0 Å². The standard InChI is InChI=1S/C19H22N6O/c1-4-25-9-8-21-17(25)12-24(3)18(26)15-7-5-6-14(11-15)16-10-13(2)22-19(20)23-16/h5-11H,4,12H2,1-3H3,(H2,20,22,23). The van der Waals surface area contributed by atoms with E-state index in [9.17, 15) is 4.79 Å². The van der Waals surface area contributed by atoms with Crippen LogP contribution in [0, 0.1) is 6.92 Å². The van der Waals surface area contributed by atoms with Gasteiger partial charge >= 0.3 is 0 Å². The van der Waals surface area contributed by atoms with Crippen LogP contribution >= 0.6 is 0 Å². The number of benzene rings is 1. The Kier molecular flexibility index (Phi) is 4.97. The maximum atomic E-state index is 12.8. The normalized spacial score (nSPS) is 10.7. The number of amides is 1. The molecule has 0 bridgehead atoms. The summed E-state index contributed by atoms with van der Waals surface area (Å²) in [6.07, 6.45) is 3.66. The smallest absolute Gasteiger partial charge is 0.254 e. The molecular formula is C19H22N6O. The van der Waals surface area contributed by atoms with Crippen LogP contribution < -0.4 is 5.73 Å². The lowest BCUT2D eigenvalue weighted by atomic mass is 10.1. The number of carbonyl (C=O) groups excluding carboxylic acids is 1. The first-order valence-corrected chi connectivity index (χ1v) is 8.45. The summed E-state index contributed by atoms with van der Waals surface area (Å²) in [5, 5.41) is 0. The largest absolute Gasteiger partial charge is 0.368 e. The number of nitrogens with two attached hydrogens (primary N) is 1. The highest BCUT2D eigenvalue weighted by Gasteiger charge is 2.15. The Morgan fingerprint density at radius 1 is 1.27 bits per heavy atom. The molecule has 2 heterocycles. The molecule has 0 fully saturated rings. The lowest BCUT2D eigenvalue weighted by Gasteiger charge is -2.18. The monoisotopic (exact) mass is 350 g/mol. The average Bonchev–Trinajstić information content (AvgIpc) is 3.07. The highest BCUT2D eigenvalue weighted by atomic mass is 16.2. The second kappa shape index (κ2) is 7.35. The summed E-state index contributed by atoms with van der Waals surface area (Å²) in [7, 11) is 1.77. The molecule has 0 aliphatic carbocycles. The molecule has 2 aromatic heterocycles. The fourth-order valence-electron chi connectivity index (χ4n) is 2.83. The van der Waals surface area contributed by atoms with Crippen LogP contribution in [0.2, 0.25) is 0 Å². The molecule has 0 unspecified atom stereocenters. The Labute approximate surface area is 152 Å². The van der Waals surface area contributed by atoms with Crippen LogP contribution in [0.15, 0.2) is 42.7 Å². The van der Waals surface area contributed by atoms with Gasteiger partial charge in [-0.25, -0.2) is 15.0 Å². The third-order valence-corrected chi connectivity index (χ3v) is 4.14. The molecule has 1 aromatic carbocycles. The zero-order valence-corrected chi connectivity index (χ0v) is 15.2. The minimum atomic E-state index is -0.0729. The summed E-state index contributed by atoms with van der Waals surface area (Å²) in [5.74, 6) is 1.01. The fraction of sp³-hybridized carbons (Fsp3) is 0.263. The van der Waals surface area contributed by atoms with E-state index < -0.39 is 0 Å². The lowest BCUT2D eigenvalue weighted by molar-refractivity contribution is 0.0780. The molecular weight excluding hydrogens is 328 g/mol. The Bertz CT molecular complexity index is 913. The summed E-state index contributed by atoms with van der Waals surface area (Å²) in [6, 6.07) is 9.22. The molecule has 0 saturated heterocycles. The topological polar surface area (TPSA) is 89.9 Å². The minimum Gasteiger partial charge on any atom is -0.368 e. The van der Waals surface area contributed by atoms with Gasteiger partial charge in [0.15, 0.2) is 0 Å². The number of aromatic nitrogens is 4.